The minimum Gasteiger partial charge on any atom is -0.444 e. The molecule has 3 rings (SSSR count). The van der Waals surface area contributed by atoms with Gasteiger partial charge in [0.15, 0.2) is 0 Å². The molecule has 1 amide bonds. The second kappa shape index (κ2) is 7.28. The molecule has 1 aliphatic heterocycles. The van der Waals surface area contributed by atoms with Gasteiger partial charge in [0.1, 0.15) is 11.7 Å². The van der Waals surface area contributed by atoms with Gasteiger partial charge in [0, 0.05) is 0 Å². The van der Waals surface area contributed by atoms with Crippen molar-refractivity contribution in [3.05, 3.63) is 59.7 Å². The number of alkyl carbamates (subject to hydrolysis) is 1. The highest BCUT2D eigenvalue weighted by Gasteiger charge is 2.24. The van der Waals surface area contributed by atoms with E-state index in [9.17, 15) is 4.79 Å². The molecule has 25 heavy (non-hydrogen) atoms. The lowest BCUT2D eigenvalue weighted by atomic mass is 9.89. The van der Waals surface area contributed by atoms with Gasteiger partial charge < -0.3 is 14.8 Å². The smallest absolute Gasteiger partial charge is 0.407 e. The third-order valence-electron chi connectivity index (χ3n) is 4.15. The lowest BCUT2D eigenvalue weighted by Crippen LogP contribution is -2.36. The molecule has 1 atom stereocenters. The summed E-state index contributed by atoms with van der Waals surface area (Å²) in [5.41, 5.74) is 4.39. The molecule has 2 aromatic rings. The zero-order valence-electron chi connectivity index (χ0n) is 15.0. The Morgan fingerprint density at radius 3 is 2.64 bits per heavy atom. The molecule has 0 radical (unpaired) electrons. The van der Waals surface area contributed by atoms with Crippen molar-refractivity contribution in [3.63, 3.8) is 0 Å². The van der Waals surface area contributed by atoms with E-state index in [2.05, 4.69) is 47.8 Å². The number of rotatable bonds is 3. The van der Waals surface area contributed by atoms with Gasteiger partial charge in [-0.05, 0) is 49.4 Å². The first kappa shape index (κ1) is 17.5. The molecule has 2 aromatic carbocycles. The summed E-state index contributed by atoms with van der Waals surface area (Å²) in [7, 11) is 0. The second-order valence-corrected chi connectivity index (χ2v) is 7.23. The van der Waals surface area contributed by atoms with Crippen molar-refractivity contribution < 1.29 is 14.3 Å². The van der Waals surface area contributed by atoms with Crippen molar-refractivity contribution in [1.29, 1.82) is 0 Å². The van der Waals surface area contributed by atoms with Crippen LogP contribution in [0, 0.1) is 0 Å². The minimum absolute atomic E-state index is 0.153. The Hall–Kier alpha value is -2.33. The van der Waals surface area contributed by atoms with Crippen LogP contribution in [0.3, 0.4) is 0 Å². The van der Waals surface area contributed by atoms with Crippen LogP contribution in [0.2, 0.25) is 0 Å². The average molecular weight is 339 g/mol. The lowest BCUT2D eigenvalue weighted by molar-refractivity contribution is 0.0290. The Balaban J connectivity index is 1.78. The molecule has 0 aliphatic carbocycles. The summed E-state index contributed by atoms with van der Waals surface area (Å²) in [5, 5.41) is 2.82. The van der Waals surface area contributed by atoms with E-state index in [1.165, 1.54) is 16.7 Å². The molecule has 0 saturated heterocycles. The molecule has 4 nitrogen and oxygen atoms in total. The molecule has 0 aromatic heterocycles. The first-order valence-corrected chi connectivity index (χ1v) is 8.70. The average Bonchev–Trinajstić information content (AvgIpc) is 2.58. The predicted octanol–water partition coefficient (Wildman–Crippen LogP) is 4.49. The number of carbonyl (C=O) groups is 1. The van der Waals surface area contributed by atoms with Gasteiger partial charge in [0.2, 0.25) is 0 Å². The van der Waals surface area contributed by atoms with Crippen LogP contribution in [0.1, 0.15) is 38.0 Å². The van der Waals surface area contributed by atoms with E-state index in [-0.39, 0.29) is 6.10 Å². The van der Waals surface area contributed by atoms with E-state index in [1.807, 2.05) is 26.8 Å². The van der Waals surface area contributed by atoms with Crippen molar-refractivity contribution >= 4 is 6.09 Å². The number of carbonyl (C=O) groups excluding carboxylic acids is 1. The zero-order chi connectivity index (χ0) is 17.9. The van der Waals surface area contributed by atoms with Crippen molar-refractivity contribution in [2.24, 2.45) is 0 Å². The zero-order valence-corrected chi connectivity index (χ0v) is 15.0. The van der Waals surface area contributed by atoms with Crippen LogP contribution in [0.5, 0.6) is 0 Å². The summed E-state index contributed by atoms with van der Waals surface area (Å²) in [6.45, 7) is 6.61. The Morgan fingerprint density at radius 1 is 1.16 bits per heavy atom. The van der Waals surface area contributed by atoms with Gasteiger partial charge in [0.25, 0.3) is 0 Å². The van der Waals surface area contributed by atoms with Gasteiger partial charge in [-0.3, -0.25) is 0 Å². The topological polar surface area (TPSA) is 47.6 Å². The van der Waals surface area contributed by atoms with Gasteiger partial charge in [-0.2, -0.15) is 0 Å². The molecule has 0 fully saturated rings. The highest BCUT2D eigenvalue weighted by molar-refractivity contribution is 5.70. The summed E-state index contributed by atoms with van der Waals surface area (Å²) < 4.78 is 11.2. The fourth-order valence-corrected chi connectivity index (χ4v) is 3.13. The van der Waals surface area contributed by atoms with Crippen molar-refractivity contribution in [2.75, 3.05) is 13.2 Å². The van der Waals surface area contributed by atoms with Crippen LogP contribution in [0.15, 0.2) is 48.5 Å². The van der Waals surface area contributed by atoms with Crippen LogP contribution in [0.25, 0.3) is 11.1 Å². The molecule has 0 bridgehead atoms. The molecule has 132 valence electrons. The van der Waals surface area contributed by atoms with Gasteiger partial charge in [-0.15, -0.1) is 0 Å². The second-order valence-electron chi connectivity index (χ2n) is 7.23. The van der Waals surface area contributed by atoms with Gasteiger partial charge >= 0.3 is 6.09 Å². The fraction of sp³-hybridized carbons (Fsp3) is 0.381. The Kier molecular flexibility index (Phi) is 5.09. The van der Waals surface area contributed by atoms with Crippen LogP contribution in [-0.2, 0) is 15.9 Å². The largest absolute Gasteiger partial charge is 0.444 e. The number of hydrogen-bond acceptors (Lipinski definition) is 3. The van der Waals surface area contributed by atoms with Crippen LogP contribution >= 0.6 is 0 Å². The predicted molar refractivity (Wildman–Crippen MR) is 98.5 cm³/mol. The lowest BCUT2D eigenvalue weighted by Gasteiger charge is -2.28. The SMILES string of the molecule is CC(C)(C)OC(=O)NC[C@@H]1OCCc2c(-c3ccccc3)cccc21. The summed E-state index contributed by atoms with van der Waals surface area (Å²) >= 11 is 0. The maximum atomic E-state index is 11.9. The molecule has 1 heterocycles. The molecule has 0 unspecified atom stereocenters. The number of fused-ring (bicyclic) bond motifs is 1. The molecule has 1 aliphatic rings. The number of ether oxygens (including phenoxy) is 2. The molecule has 4 heteroatoms. The first-order chi connectivity index (χ1) is 11.9. The highest BCUT2D eigenvalue weighted by atomic mass is 16.6. The third kappa shape index (κ3) is 4.40. The Bertz CT molecular complexity index is 735. The standard InChI is InChI=1S/C21H25NO3/c1-21(2,3)25-20(23)22-14-19-18-11-7-10-16(17(18)12-13-24-19)15-8-5-4-6-9-15/h4-11,19H,12-14H2,1-3H3,(H,22,23)/t19-/m0/s1. The van der Waals surface area contributed by atoms with E-state index in [1.54, 1.807) is 0 Å². The maximum absolute atomic E-state index is 11.9. The van der Waals surface area contributed by atoms with Gasteiger partial charge in [0.05, 0.1) is 13.2 Å². The van der Waals surface area contributed by atoms with E-state index in [0.717, 1.165) is 12.0 Å². The number of nitrogens with one attached hydrogen (secondary N) is 1. The van der Waals surface area contributed by atoms with Crippen LogP contribution < -0.4 is 5.32 Å². The number of amides is 1. The van der Waals surface area contributed by atoms with E-state index in [4.69, 9.17) is 9.47 Å². The number of hydrogen-bond donors (Lipinski definition) is 1. The van der Waals surface area contributed by atoms with Gasteiger partial charge in [-0.1, -0.05) is 48.5 Å². The summed E-state index contributed by atoms with van der Waals surface area (Å²) in [4.78, 5) is 11.9. The first-order valence-electron chi connectivity index (χ1n) is 8.70. The minimum atomic E-state index is -0.504. The molecule has 0 saturated carbocycles. The van der Waals surface area contributed by atoms with Crippen molar-refractivity contribution in [1.82, 2.24) is 5.32 Å². The molecular weight excluding hydrogens is 314 g/mol. The fourth-order valence-electron chi connectivity index (χ4n) is 3.13. The van der Waals surface area contributed by atoms with E-state index >= 15 is 0 Å². The summed E-state index contributed by atoms with van der Waals surface area (Å²) in [6.07, 6.45) is 0.311. The Morgan fingerprint density at radius 2 is 1.92 bits per heavy atom. The highest BCUT2D eigenvalue weighted by Crippen LogP contribution is 2.34. The van der Waals surface area contributed by atoms with Crippen molar-refractivity contribution in [3.8, 4) is 11.1 Å². The molecule has 1 N–H and O–H groups in total. The molecular formula is C21H25NO3. The Labute approximate surface area is 149 Å². The van der Waals surface area contributed by atoms with E-state index < -0.39 is 11.7 Å². The summed E-state index contributed by atoms with van der Waals surface area (Å²) in [6, 6.07) is 16.7. The normalized spacial score (nSPS) is 16.8. The van der Waals surface area contributed by atoms with Gasteiger partial charge in [-0.25, -0.2) is 4.79 Å². The van der Waals surface area contributed by atoms with Crippen LogP contribution in [-0.4, -0.2) is 24.8 Å². The monoisotopic (exact) mass is 339 g/mol. The maximum Gasteiger partial charge on any atom is 0.407 e. The summed E-state index contributed by atoms with van der Waals surface area (Å²) in [5.74, 6) is 0. The third-order valence-corrected chi connectivity index (χ3v) is 4.15. The number of benzene rings is 2. The van der Waals surface area contributed by atoms with Crippen LogP contribution in [0.4, 0.5) is 4.79 Å². The van der Waals surface area contributed by atoms with E-state index in [0.29, 0.717) is 13.2 Å². The van der Waals surface area contributed by atoms with Crippen molar-refractivity contribution in [2.45, 2.75) is 38.9 Å². The molecule has 0 spiro atoms. The quantitative estimate of drug-likeness (QED) is 0.896.